The molecule has 2 heterocycles. The Morgan fingerprint density at radius 1 is 1.04 bits per heavy atom. The molecule has 0 spiro atoms. The molecule has 0 radical (unpaired) electrons. The zero-order valence-corrected chi connectivity index (χ0v) is 15.2. The van der Waals surface area contributed by atoms with Crippen LogP contribution in [-0.4, -0.2) is 10.6 Å². The zero-order chi connectivity index (χ0) is 18.6. The van der Waals surface area contributed by atoms with Crippen LogP contribution in [0, 0.1) is 11.3 Å². The first kappa shape index (κ1) is 15.9. The van der Waals surface area contributed by atoms with Gasteiger partial charge < -0.3 is 9.15 Å². The van der Waals surface area contributed by atoms with E-state index in [1.165, 1.54) is 0 Å². The molecule has 1 aliphatic rings. The zero-order valence-electron chi connectivity index (χ0n) is 15.2. The average Bonchev–Trinajstić information content (AvgIpc) is 3.13. The van der Waals surface area contributed by atoms with Crippen molar-refractivity contribution in [1.82, 2.24) is 4.98 Å². The Hall–Kier alpha value is -3.32. The number of oxazole rings is 1. The van der Waals surface area contributed by atoms with Gasteiger partial charge in [-0.05, 0) is 51.0 Å². The van der Waals surface area contributed by atoms with Gasteiger partial charge in [-0.15, -0.1) is 0 Å². The summed E-state index contributed by atoms with van der Waals surface area (Å²) in [6.45, 7) is 4.24. The summed E-state index contributed by atoms with van der Waals surface area (Å²) < 4.78 is 12.6. The molecule has 4 nitrogen and oxygen atoms in total. The van der Waals surface area contributed by atoms with E-state index in [1.807, 2.05) is 24.3 Å². The van der Waals surface area contributed by atoms with Crippen molar-refractivity contribution < 1.29 is 9.15 Å². The minimum Gasteiger partial charge on any atom is -0.487 e. The maximum absolute atomic E-state index is 9.00. The van der Waals surface area contributed by atoms with Crippen molar-refractivity contribution in [2.45, 2.75) is 32.3 Å². The molecular formula is C23H18N2O2. The van der Waals surface area contributed by atoms with E-state index in [9.17, 15) is 0 Å². The number of hydrogen-bond acceptors (Lipinski definition) is 4. The summed E-state index contributed by atoms with van der Waals surface area (Å²) in [5.74, 6) is 1.48. The fourth-order valence-electron chi connectivity index (χ4n) is 3.77. The van der Waals surface area contributed by atoms with Gasteiger partial charge in [0, 0.05) is 21.9 Å². The van der Waals surface area contributed by atoms with Gasteiger partial charge >= 0.3 is 0 Å². The summed E-state index contributed by atoms with van der Waals surface area (Å²) in [6, 6.07) is 17.6. The monoisotopic (exact) mass is 354 g/mol. The van der Waals surface area contributed by atoms with Gasteiger partial charge in [0.1, 0.15) is 16.9 Å². The van der Waals surface area contributed by atoms with Gasteiger partial charge in [-0.2, -0.15) is 5.26 Å². The second-order valence-electron chi connectivity index (χ2n) is 7.60. The van der Waals surface area contributed by atoms with Crippen LogP contribution >= 0.6 is 0 Å². The molecule has 0 saturated heterocycles. The van der Waals surface area contributed by atoms with E-state index in [0.29, 0.717) is 11.5 Å². The first-order chi connectivity index (χ1) is 13.1. The highest BCUT2D eigenvalue weighted by atomic mass is 16.5. The van der Waals surface area contributed by atoms with E-state index in [4.69, 9.17) is 19.4 Å². The Morgan fingerprint density at radius 3 is 2.52 bits per heavy atom. The Labute approximate surface area is 157 Å². The lowest BCUT2D eigenvalue weighted by Crippen LogP contribution is -2.32. The second-order valence-corrected chi connectivity index (χ2v) is 7.60. The molecule has 27 heavy (non-hydrogen) atoms. The summed E-state index contributed by atoms with van der Waals surface area (Å²) in [7, 11) is 0. The van der Waals surface area contributed by atoms with Crippen LogP contribution in [0.5, 0.6) is 5.75 Å². The van der Waals surface area contributed by atoms with Gasteiger partial charge in [-0.1, -0.05) is 24.3 Å². The summed E-state index contributed by atoms with van der Waals surface area (Å²) in [5.41, 5.74) is 4.05. The van der Waals surface area contributed by atoms with Crippen LogP contribution in [0.4, 0.5) is 0 Å². The summed E-state index contributed by atoms with van der Waals surface area (Å²) in [6.07, 6.45) is 1.83. The molecule has 0 bridgehead atoms. The van der Waals surface area contributed by atoms with Gasteiger partial charge in [0.25, 0.3) is 0 Å². The van der Waals surface area contributed by atoms with Crippen LogP contribution in [0.2, 0.25) is 0 Å². The number of nitrogens with zero attached hydrogens (tertiary/aromatic N) is 2. The predicted molar refractivity (Wildman–Crippen MR) is 105 cm³/mol. The topological polar surface area (TPSA) is 59.0 Å². The SMILES string of the molecule is CC1(C)CCc2c(c3ccccc3c3nc(-c4ccc(C#N)cc4)oc23)O1. The highest BCUT2D eigenvalue weighted by molar-refractivity contribution is 6.09. The van der Waals surface area contributed by atoms with Crippen LogP contribution < -0.4 is 4.74 Å². The van der Waals surface area contributed by atoms with Crippen molar-refractivity contribution in [3.63, 3.8) is 0 Å². The molecule has 4 heteroatoms. The summed E-state index contributed by atoms with van der Waals surface area (Å²) in [4.78, 5) is 4.81. The molecule has 0 atom stereocenters. The molecule has 0 fully saturated rings. The first-order valence-electron chi connectivity index (χ1n) is 9.09. The molecule has 3 aromatic carbocycles. The molecule has 0 saturated carbocycles. The lowest BCUT2D eigenvalue weighted by molar-refractivity contribution is 0.0871. The standard InChI is InChI=1S/C23H18N2O2/c1-23(2)12-11-18-20(27-23)17-6-4-3-5-16(17)19-21(18)26-22(25-19)15-9-7-14(13-24)8-10-15/h3-10H,11-12H2,1-2H3. The van der Waals surface area contributed by atoms with E-state index in [0.717, 1.165) is 51.6 Å². The number of hydrogen-bond donors (Lipinski definition) is 0. The molecule has 4 aromatic rings. The van der Waals surface area contributed by atoms with Crippen molar-refractivity contribution in [3.05, 3.63) is 59.7 Å². The molecule has 132 valence electrons. The van der Waals surface area contributed by atoms with Crippen molar-refractivity contribution in [2.24, 2.45) is 0 Å². The number of aryl methyl sites for hydroxylation is 1. The molecule has 5 rings (SSSR count). The maximum Gasteiger partial charge on any atom is 0.227 e. The predicted octanol–water partition coefficient (Wildman–Crippen LogP) is 5.62. The molecule has 0 aliphatic carbocycles. The van der Waals surface area contributed by atoms with Crippen LogP contribution in [0.15, 0.2) is 52.9 Å². The number of ether oxygens (including phenoxy) is 1. The number of fused-ring (bicyclic) bond motifs is 6. The Balaban J connectivity index is 1.79. The lowest BCUT2D eigenvalue weighted by atomic mass is 9.91. The van der Waals surface area contributed by atoms with Gasteiger partial charge in [0.05, 0.1) is 11.6 Å². The molecule has 0 N–H and O–H groups in total. The third-order valence-corrected chi connectivity index (χ3v) is 5.22. The van der Waals surface area contributed by atoms with Crippen molar-refractivity contribution in [3.8, 4) is 23.3 Å². The van der Waals surface area contributed by atoms with Crippen LogP contribution in [0.25, 0.3) is 33.3 Å². The van der Waals surface area contributed by atoms with Crippen LogP contribution in [0.1, 0.15) is 31.4 Å². The molecule has 1 aromatic heterocycles. The Morgan fingerprint density at radius 2 is 1.78 bits per heavy atom. The van der Waals surface area contributed by atoms with Gasteiger partial charge in [0.15, 0.2) is 5.58 Å². The average molecular weight is 354 g/mol. The lowest BCUT2D eigenvalue weighted by Gasteiger charge is -2.33. The van der Waals surface area contributed by atoms with Crippen molar-refractivity contribution >= 4 is 21.9 Å². The largest absolute Gasteiger partial charge is 0.487 e. The van der Waals surface area contributed by atoms with E-state index >= 15 is 0 Å². The smallest absolute Gasteiger partial charge is 0.227 e. The van der Waals surface area contributed by atoms with Crippen LogP contribution in [-0.2, 0) is 6.42 Å². The number of rotatable bonds is 1. The Bertz CT molecular complexity index is 1230. The van der Waals surface area contributed by atoms with Crippen LogP contribution in [0.3, 0.4) is 0 Å². The highest BCUT2D eigenvalue weighted by Gasteiger charge is 2.31. The molecule has 0 amide bonds. The van der Waals surface area contributed by atoms with Gasteiger partial charge in [-0.25, -0.2) is 4.98 Å². The first-order valence-corrected chi connectivity index (χ1v) is 9.09. The van der Waals surface area contributed by atoms with Crippen molar-refractivity contribution in [1.29, 1.82) is 5.26 Å². The van der Waals surface area contributed by atoms with E-state index in [2.05, 4.69) is 32.0 Å². The highest BCUT2D eigenvalue weighted by Crippen LogP contribution is 2.44. The number of benzene rings is 3. The molecule has 0 unspecified atom stereocenters. The third-order valence-electron chi connectivity index (χ3n) is 5.22. The van der Waals surface area contributed by atoms with E-state index in [1.54, 1.807) is 12.1 Å². The quantitative estimate of drug-likeness (QED) is 0.445. The summed E-state index contributed by atoms with van der Waals surface area (Å²) in [5, 5.41) is 11.1. The molecule has 1 aliphatic heterocycles. The minimum atomic E-state index is -0.195. The third kappa shape index (κ3) is 2.47. The summed E-state index contributed by atoms with van der Waals surface area (Å²) >= 11 is 0. The number of aromatic nitrogens is 1. The minimum absolute atomic E-state index is 0.195. The van der Waals surface area contributed by atoms with Gasteiger partial charge in [-0.3, -0.25) is 0 Å². The maximum atomic E-state index is 9.00. The fraction of sp³-hybridized carbons (Fsp3) is 0.217. The van der Waals surface area contributed by atoms with E-state index in [-0.39, 0.29) is 5.60 Å². The number of nitriles is 1. The molecular weight excluding hydrogens is 336 g/mol. The van der Waals surface area contributed by atoms with Gasteiger partial charge in [0.2, 0.25) is 5.89 Å². The fourth-order valence-corrected chi connectivity index (χ4v) is 3.77. The normalized spacial score (nSPS) is 15.3. The Kier molecular flexibility index (Phi) is 3.29. The van der Waals surface area contributed by atoms with Crippen molar-refractivity contribution in [2.75, 3.05) is 0 Å². The van der Waals surface area contributed by atoms with E-state index < -0.39 is 0 Å². The second kappa shape index (κ2) is 5.59.